The van der Waals surface area contributed by atoms with Gasteiger partial charge >= 0.3 is 401 Å². The van der Waals surface area contributed by atoms with Crippen molar-refractivity contribution in [2.45, 2.75) is 237 Å². The first-order chi connectivity index (χ1) is 28.7. The third-order valence-corrected chi connectivity index (χ3v) is 20.0. The van der Waals surface area contributed by atoms with Gasteiger partial charge in [0.15, 0.2) is 0 Å². The normalized spacial score (nSPS) is 12.3. The minimum atomic E-state index is -0.436. The summed E-state index contributed by atoms with van der Waals surface area (Å²) in [4.78, 5) is 0. The molecule has 0 saturated carbocycles. The second-order valence-corrected chi connectivity index (χ2v) is 27.6. The fourth-order valence-corrected chi connectivity index (χ4v) is 18.2. The second kappa shape index (κ2) is 25.2. The van der Waals surface area contributed by atoms with Crippen molar-refractivity contribution < 1.29 is 0 Å². The van der Waals surface area contributed by atoms with Gasteiger partial charge in [-0.1, -0.05) is 0 Å². The first kappa shape index (κ1) is 57.9. The van der Waals surface area contributed by atoms with Gasteiger partial charge in [-0.05, 0) is 0 Å². The van der Waals surface area contributed by atoms with Crippen LogP contribution in [0.15, 0.2) is 48.5 Å². The van der Waals surface area contributed by atoms with Crippen LogP contribution >= 0.6 is 0 Å². The third kappa shape index (κ3) is 14.9. The molecule has 0 saturated heterocycles. The Balaban J connectivity index is 0.000000427. The summed E-state index contributed by atoms with van der Waals surface area (Å²) in [5, 5.41) is 0. The number of rotatable bonds is 16. The zero-order valence-electron chi connectivity index (χ0n) is 45.0. The van der Waals surface area contributed by atoms with E-state index in [2.05, 4.69) is 215 Å². The van der Waals surface area contributed by atoms with Crippen molar-refractivity contribution in [3.05, 3.63) is 115 Å². The fourth-order valence-electron chi connectivity index (χ4n) is 8.65. The summed E-state index contributed by atoms with van der Waals surface area (Å²) in [6, 6.07) is 20.3. The Morgan fingerprint density at radius 2 is 0.317 bits per heavy atom. The molecule has 6 radical (unpaired) electrons. The van der Waals surface area contributed by atoms with E-state index in [1.54, 1.807) is 62.1 Å². The minimum absolute atomic E-state index is 0. The molecule has 0 heterocycles. The Morgan fingerprint density at radius 3 is 0.397 bits per heavy atom. The SMILES string of the molecule is CC(C)c1cc(C(C)C)[c]([Ge][c]2c(C(C)C)cc(C(C)C)cc2C(C)C)c(C(C)C)c1.CC(C)c1cc(C(C)C)[c]([Ge][c]2c(C(C)C)cc(C(C)C)cc2C(C)C)c(C(C)C)c1.[Te]. The maximum atomic E-state index is 2.53. The van der Waals surface area contributed by atoms with Crippen LogP contribution < -0.4 is 17.6 Å². The van der Waals surface area contributed by atoms with Crippen molar-refractivity contribution in [1.82, 2.24) is 0 Å². The van der Waals surface area contributed by atoms with Crippen LogP contribution in [-0.4, -0.2) is 54.5 Å². The molecule has 0 unspecified atom stereocenters. The summed E-state index contributed by atoms with van der Waals surface area (Å²) in [5.41, 5.74) is 18.9. The van der Waals surface area contributed by atoms with Crippen molar-refractivity contribution in [1.29, 1.82) is 0 Å². The zero-order valence-corrected chi connectivity index (χ0v) is 51.5. The van der Waals surface area contributed by atoms with Gasteiger partial charge in [0.2, 0.25) is 0 Å². The molecule has 0 amide bonds. The van der Waals surface area contributed by atoms with E-state index in [1.807, 2.05) is 0 Å². The summed E-state index contributed by atoms with van der Waals surface area (Å²) < 4.78 is 6.82. The van der Waals surface area contributed by atoms with Crippen molar-refractivity contribution in [2.24, 2.45) is 0 Å². The third-order valence-electron chi connectivity index (χ3n) is 13.0. The predicted octanol–water partition coefficient (Wildman–Crippen LogP) is 15.8. The van der Waals surface area contributed by atoms with E-state index in [9.17, 15) is 0 Å². The van der Waals surface area contributed by atoms with Gasteiger partial charge in [0.1, 0.15) is 0 Å². The molecule has 4 aromatic carbocycles. The monoisotopic (exact) mass is 1090 g/mol. The molecule has 0 fully saturated rings. The average molecular weight is 1090 g/mol. The molecule has 0 nitrogen and oxygen atoms in total. The molecule has 0 aliphatic rings. The van der Waals surface area contributed by atoms with Gasteiger partial charge in [0, 0.05) is 23.7 Å². The van der Waals surface area contributed by atoms with Gasteiger partial charge in [-0.2, -0.15) is 0 Å². The minimum Gasteiger partial charge on any atom is 0 e. The molecule has 0 aliphatic carbocycles. The van der Waals surface area contributed by atoms with E-state index in [4.69, 9.17) is 0 Å². The van der Waals surface area contributed by atoms with E-state index >= 15 is 0 Å². The standard InChI is InChI=1S/2C30H46Ge.Te/c2*1-17(2)23-13-25(19(5)6)29(26(14-23)20(7)8)31-30-27(21(9)10)15-24(18(3)4)16-28(30)22(11)12;/h2*13-22H,1-12H3;. The van der Waals surface area contributed by atoms with Crippen LogP contribution in [0, 0.1) is 0 Å². The summed E-state index contributed by atoms with van der Waals surface area (Å²) in [6.45, 7) is 56.8. The van der Waals surface area contributed by atoms with Crippen LogP contribution in [0.2, 0.25) is 0 Å². The molecule has 0 aromatic heterocycles. The summed E-state index contributed by atoms with van der Waals surface area (Å²) in [7, 11) is 0. The predicted molar refractivity (Wildman–Crippen MR) is 291 cm³/mol. The zero-order chi connectivity index (χ0) is 47.2. The summed E-state index contributed by atoms with van der Waals surface area (Å²) in [6.07, 6.45) is 0. The molecule has 346 valence electrons. The maximum absolute atomic E-state index is 2.53. The topological polar surface area (TPSA) is 0 Å². The van der Waals surface area contributed by atoms with E-state index < -0.39 is 30.9 Å². The van der Waals surface area contributed by atoms with Gasteiger partial charge in [-0.25, -0.2) is 0 Å². The van der Waals surface area contributed by atoms with Crippen molar-refractivity contribution in [3.63, 3.8) is 0 Å². The van der Waals surface area contributed by atoms with Gasteiger partial charge < -0.3 is 0 Å². The number of hydrogen-bond acceptors (Lipinski definition) is 0. The number of hydrogen-bond donors (Lipinski definition) is 0. The Bertz CT molecular complexity index is 1660. The molecule has 0 atom stereocenters. The quantitative estimate of drug-likeness (QED) is 0.0981. The Hall–Kier alpha value is -1.24. The van der Waals surface area contributed by atoms with E-state index in [-0.39, 0.29) is 23.7 Å². The van der Waals surface area contributed by atoms with Crippen LogP contribution in [0.3, 0.4) is 0 Å². The van der Waals surface area contributed by atoms with Crippen LogP contribution in [0.4, 0.5) is 0 Å². The molecule has 0 bridgehead atoms. The molecular formula is C60H92Ge2Te. The van der Waals surface area contributed by atoms with E-state index in [0.717, 1.165) is 0 Å². The Labute approximate surface area is 421 Å². The smallest absolute Gasteiger partial charge is 0 e. The molecule has 3 heteroatoms. The molecular weight excluding hydrogens is 993 g/mol. The number of benzene rings is 4. The van der Waals surface area contributed by atoms with Gasteiger partial charge in [-0.3, -0.25) is 0 Å². The first-order valence-electron chi connectivity index (χ1n) is 24.9. The Kier molecular flexibility index (Phi) is 23.2. The van der Waals surface area contributed by atoms with Crippen molar-refractivity contribution in [2.75, 3.05) is 0 Å². The average Bonchev–Trinajstić information content (AvgIpc) is 3.16. The van der Waals surface area contributed by atoms with Crippen molar-refractivity contribution in [3.8, 4) is 0 Å². The largest absolute Gasteiger partial charge is 0 e. The van der Waals surface area contributed by atoms with Gasteiger partial charge in [0.05, 0.1) is 0 Å². The van der Waals surface area contributed by atoms with Gasteiger partial charge in [-0.15, -0.1) is 0 Å². The summed E-state index contributed by atoms with van der Waals surface area (Å²) >= 11 is -0.873. The van der Waals surface area contributed by atoms with Crippen LogP contribution in [0.25, 0.3) is 0 Å². The van der Waals surface area contributed by atoms with Crippen LogP contribution in [0.1, 0.15) is 304 Å². The maximum Gasteiger partial charge on any atom is 0 e. The molecule has 4 rings (SSSR count). The van der Waals surface area contributed by atoms with Crippen molar-refractivity contribution >= 4 is 72.1 Å². The molecule has 0 N–H and O–H groups in total. The summed E-state index contributed by atoms with van der Waals surface area (Å²) in [5.74, 6) is 6.82. The van der Waals surface area contributed by atoms with Gasteiger partial charge in [0.25, 0.3) is 0 Å². The van der Waals surface area contributed by atoms with Crippen LogP contribution in [-0.2, 0) is 0 Å². The van der Waals surface area contributed by atoms with Crippen LogP contribution in [0.5, 0.6) is 0 Å². The van der Waals surface area contributed by atoms with E-state index in [0.29, 0.717) is 71.0 Å². The molecule has 4 aromatic rings. The fraction of sp³-hybridized carbons (Fsp3) is 0.600. The van der Waals surface area contributed by atoms with E-state index in [1.165, 1.54) is 22.3 Å². The second-order valence-electron chi connectivity index (χ2n) is 22.4. The molecule has 0 aliphatic heterocycles. The Morgan fingerprint density at radius 1 is 0.206 bits per heavy atom. The first-order valence-corrected chi connectivity index (χ1v) is 29.1. The molecule has 0 spiro atoms. The molecule has 63 heavy (non-hydrogen) atoms.